The SMILES string of the molecule is CN(C)C(=O)CCNc1snc(N)c1S(=O)(=O)N(C)C. The number of sulfonamides is 1. The van der Waals surface area contributed by atoms with E-state index in [1.165, 1.54) is 19.0 Å². The van der Waals surface area contributed by atoms with Crippen LogP contribution in [0.15, 0.2) is 4.90 Å². The van der Waals surface area contributed by atoms with Crippen molar-refractivity contribution in [2.24, 2.45) is 0 Å². The summed E-state index contributed by atoms with van der Waals surface area (Å²) in [5, 5.41) is 3.25. The van der Waals surface area contributed by atoms with E-state index in [0.717, 1.165) is 15.8 Å². The number of anilines is 2. The van der Waals surface area contributed by atoms with E-state index in [-0.39, 0.29) is 23.0 Å². The molecule has 0 atom stereocenters. The first kappa shape index (κ1) is 16.7. The smallest absolute Gasteiger partial charge is 0.249 e. The number of hydrogen-bond acceptors (Lipinski definition) is 7. The van der Waals surface area contributed by atoms with Crippen LogP contribution in [0.4, 0.5) is 10.8 Å². The summed E-state index contributed by atoms with van der Waals surface area (Å²) in [6.07, 6.45) is 0.256. The molecule has 1 aromatic heterocycles. The number of amides is 1. The number of carbonyl (C=O) groups excluding carboxylic acids is 1. The standard InChI is InChI=1S/C10H19N5O3S2/c1-14(2)7(16)5-6-12-10-8(9(11)13-19-10)20(17,18)15(3)4/h12H,5-6H2,1-4H3,(H2,11,13). The Balaban J connectivity index is 2.86. The summed E-state index contributed by atoms with van der Waals surface area (Å²) in [6, 6.07) is 0. The molecule has 114 valence electrons. The van der Waals surface area contributed by atoms with Crippen molar-refractivity contribution in [3.63, 3.8) is 0 Å². The molecule has 1 amide bonds. The predicted molar refractivity (Wildman–Crippen MR) is 79.2 cm³/mol. The second-order valence-electron chi connectivity index (χ2n) is 4.48. The fourth-order valence-electron chi connectivity index (χ4n) is 1.35. The molecule has 0 spiro atoms. The molecule has 1 rings (SSSR count). The molecule has 0 unspecified atom stereocenters. The van der Waals surface area contributed by atoms with Crippen LogP contribution in [0.5, 0.6) is 0 Å². The molecule has 0 fully saturated rings. The zero-order valence-corrected chi connectivity index (χ0v) is 13.5. The fourth-order valence-corrected chi connectivity index (χ4v) is 3.45. The van der Waals surface area contributed by atoms with E-state index >= 15 is 0 Å². The number of nitrogens with zero attached hydrogens (tertiary/aromatic N) is 3. The summed E-state index contributed by atoms with van der Waals surface area (Å²) < 4.78 is 29.2. The van der Waals surface area contributed by atoms with E-state index < -0.39 is 10.0 Å². The molecule has 0 aromatic carbocycles. The summed E-state index contributed by atoms with van der Waals surface area (Å²) in [4.78, 5) is 12.9. The maximum atomic E-state index is 12.1. The number of nitrogen functional groups attached to an aromatic ring is 1. The van der Waals surface area contributed by atoms with Gasteiger partial charge in [0.25, 0.3) is 0 Å². The largest absolute Gasteiger partial charge is 0.382 e. The fraction of sp³-hybridized carbons (Fsp3) is 0.600. The quantitative estimate of drug-likeness (QED) is 0.755. The van der Waals surface area contributed by atoms with Gasteiger partial charge in [-0.3, -0.25) is 4.79 Å². The van der Waals surface area contributed by atoms with Crippen molar-refractivity contribution in [3.05, 3.63) is 0 Å². The number of nitrogens with one attached hydrogen (secondary N) is 1. The molecule has 10 heteroatoms. The lowest BCUT2D eigenvalue weighted by Gasteiger charge is -2.13. The van der Waals surface area contributed by atoms with Crippen LogP contribution in [-0.2, 0) is 14.8 Å². The van der Waals surface area contributed by atoms with Crippen LogP contribution in [0.2, 0.25) is 0 Å². The lowest BCUT2D eigenvalue weighted by molar-refractivity contribution is -0.128. The van der Waals surface area contributed by atoms with E-state index in [1.807, 2.05) is 0 Å². The average molecular weight is 321 g/mol. The Morgan fingerprint density at radius 3 is 2.45 bits per heavy atom. The highest BCUT2D eigenvalue weighted by molar-refractivity contribution is 7.89. The molecular formula is C10H19N5O3S2. The van der Waals surface area contributed by atoms with Gasteiger partial charge in [0.15, 0.2) is 10.7 Å². The molecule has 1 heterocycles. The number of nitrogens with two attached hydrogens (primary N) is 1. The summed E-state index contributed by atoms with van der Waals surface area (Å²) in [5.74, 6) is -0.0860. The van der Waals surface area contributed by atoms with Crippen LogP contribution in [0.25, 0.3) is 0 Å². The maximum Gasteiger partial charge on any atom is 0.249 e. The van der Waals surface area contributed by atoms with Crippen molar-refractivity contribution in [1.82, 2.24) is 13.6 Å². The molecule has 0 aliphatic carbocycles. The number of aromatic nitrogens is 1. The van der Waals surface area contributed by atoms with Gasteiger partial charge in [-0.2, -0.15) is 4.37 Å². The van der Waals surface area contributed by atoms with Crippen LogP contribution in [0.3, 0.4) is 0 Å². The van der Waals surface area contributed by atoms with E-state index in [0.29, 0.717) is 11.5 Å². The van der Waals surface area contributed by atoms with Crippen LogP contribution < -0.4 is 11.1 Å². The molecule has 20 heavy (non-hydrogen) atoms. The number of rotatable bonds is 6. The average Bonchev–Trinajstić information content (AvgIpc) is 2.70. The van der Waals surface area contributed by atoms with Gasteiger partial charge in [-0.05, 0) is 11.5 Å². The van der Waals surface area contributed by atoms with Gasteiger partial charge in [0, 0.05) is 41.2 Å². The molecule has 1 aromatic rings. The van der Waals surface area contributed by atoms with Crippen LogP contribution in [0.1, 0.15) is 6.42 Å². The Morgan fingerprint density at radius 1 is 1.35 bits per heavy atom. The minimum Gasteiger partial charge on any atom is -0.382 e. The highest BCUT2D eigenvalue weighted by atomic mass is 32.2. The summed E-state index contributed by atoms with van der Waals surface area (Å²) in [7, 11) is 2.50. The highest BCUT2D eigenvalue weighted by Gasteiger charge is 2.27. The highest BCUT2D eigenvalue weighted by Crippen LogP contribution is 2.32. The first-order valence-corrected chi connectivity index (χ1v) is 8.01. The number of hydrogen-bond donors (Lipinski definition) is 2. The van der Waals surface area contributed by atoms with Crippen molar-refractivity contribution in [1.29, 1.82) is 0 Å². The van der Waals surface area contributed by atoms with Gasteiger partial charge in [-0.15, -0.1) is 0 Å². The molecule has 3 N–H and O–H groups in total. The van der Waals surface area contributed by atoms with E-state index in [4.69, 9.17) is 5.73 Å². The van der Waals surface area contributed by atoms with Crippen LogP contribution >= 0.6 is 11.5 Å². The Hall–Kier alpha value is -1.39. The van der Waals surface area contributed by atoms with Crippen molar-refractivity contribution in [2.45, 2.75) is 11.3 Å². The van der Waals surface area contributed by atoms with Crippen LogP contribution in [-0.4, -0.2) is 62.6 Å². The lowest BCUT2D eigenvalue weighted by Crippen LogP contribution is -2.25. The Labute approximate surface area is 122 Å². The summed E-state index contributed by atoms with van der Waals surface area (Å²) >= 11 is 0.964. The van der Waals surface area contributed by atoms with Crippen LogP contribution in [0, 0.1) is 0 Å². The van der Waals surface area contributed by atoms with Crippen molar-refractivity contribution in [3.8, 4) is 0 Å². The minimum absolute atomic E-state index is 0.0369. The van der Waals surface area contributed by atoms with Crippen molar-refractivity contribution >= 4 is 38.3 Å². The van der Waals surface area contributed by atoms with Gasteiger partial charge in [-0.25, -0.2) is 12.7 Å². The maximum absolute atomic E-state index is 12.1. The van der Waals surface area contributed by atoms with Crippen molar-refractivity contribution in [2.75, 3.05) is 45.8 Å². The van der Waals surface area contributed by atoms with Gasteiger partial charge in [0.05, 0.1) is 0 Å². The summed E-state index contributed by atoms with van der Waals surface area (Å²) in [6.45, 7) is 0.314. The first-order valence-electron chi connectivity index (χ1n) is 5.79. The van der Waals surface area contributed by atoms with Gasteiger partial charge in [0.1, 0.15) is 5.00 Å². The molecule has 8 nitrogen and oxygen atoms in total. The summed E-state index contributed by atoms with van der Waals surface area (Å²) in [5.41, 5.74) is 5.62. The normalized spacial score (nSPS) is 11.7. The van der Waals surface area contributed by atoms with E-state index in [9.17, 15) is 13.2 Å². The number of carbonyl (C=O) groups is 1. The van der Waals surface area contributed by atoms with Crippen molar-refractivity contribution < 1.29 is 13.2 Å². The minimum atomic E-state index is -3.66. The molecule has 0 saturated carbocycles. The zero-order valence-electron chi connectivity index (χ0n) is 11.9. The van der Waals surface area contributed by atoms with Gasteiger partial charge in [0.2, 0.25) is 15.9 Å². The van der Waals surface area contributed by atoms with Gasteiger partial charge >= 0.3 is 0 Å². The van der Waals surface area contributed by atoms with Gasteiger partial charge < -0.3 is 16.0 Å². The Morgan fingerprint density at radius 2 is 1.95 bits per heavy atom. The first-order chi connectivity index (χ1) is 9.17. The zero-order chi connectivity index (χ0) is 15.5. The predicted octanol–water partition coefficient (Wildman–Crippen LogP) is -0.134. The third-order valence-corrected chi connectivity index (χ3v) is 5.37. The van der Waals surface area contributed by atoms with E-state index in [2.05, 4.69) is 9.69 Å². The molecule has 0 saturated heterocycles. The second kappa shape index (κ2) is 6.37. The monoisotopic (exact) mass is 321 g/mol. The second-order valence-corrected chi connectivity index (χ2v) is 7.34. The van der Waals surface area contributed by atoms with E-state index in [1.54, 1.807) is 14.1 Å². The molecule has 0 aliphatic rings. The molecule has 0 aliphatic heterocycles. The topological polar surface area (TPSA) is 109 Å². The lowest BCUT2D eigenvalue weighted by atomic mass is 10.4. The Bertz CT molecular complexity index is 580. The Kier molecular flexibility index (Phi) is 5.31. The molecular weight excluding hydrogens is 302 g/mol. The van der Waals surface area contributed by atoms with Gasteiger partial charge in [-0.1, -0.05) is 0 Å². The third-order valence-electron chi connectivity index (χ3n) is 2.54. The molecule has 0 bridgehead atoms. The third kappa shape index (κ3) is 3.58. The molecule has 0 radical (unpaired) electrons.